The first kappa shape index (κ1) is 14.4. The number of hydrogen-bond donors (Lipinski definition) is 1. The van der Waals surface area contributed by atoms with Gasteiger partial charge in [-0.15, -0.1) is 0 Å². The number of fused-ring (bicyclic) bond motifs is 1. The van der Waals surface area contributed by atoms with Gasteiger partial charge in [-0.1, -0.05) is 19.1 Å². The highest BCUT2D eigenvalue weighted by Crippen LogP contribution is 2.28. The molecule has 0 saturated heterocycles. The lowest BCUT2D eigenvalue weighted by Crippen LogP contribution is -2.42. The molecule has 4 heteroatoms. The molecule has 4 nitrogen and oxygen atoms in total. The van der Waals surface area contributed by atoms with E-state index in [9.17, 15) is 0 Å². The minimum Gasteiger partial charge on any atom is -0.339 e. The Bertz CT molecular complexity index is 596. The number of benzene rings is 1. The van der Waals surface area contributed by atoms with Crippen LogP contribution in [0.15, 0.2) is 24.3 Å². The monoisotopic (exact) mass is 286 g/mol. The Morgan fingerprint density at radius 3 is 2.62 bits per heavy atom. The summed E-state index contributed by atoms with van der Waals surface area (Å²) in [6, 6.07) is 9.36. The summed E-state index contributed by atoms with van der Waals surface area (Å²) >= 11 is 0. The number of hydrogen-bond acceptors (Lipinski definition) is 3. The van der Waals surface area contributed by atoms with E-state index in [2.05, 4.69) is 47.7 Å². The van der Waals surface area contributed by atoms with E-state index < -0.39 is 0 Å². The van der Waals surface area contributed by atoms with Crippen LogP contribution in [0.4, 0.5) is 5.95 Å². The van der Waals surface area contributed by atoms with Gasteiger partial charge in [-0.3, -0.25) is 0 Å². The molecule has 1 fully saturated rings. The molecule has 0 unspecified atom stereocenters. The maximum absolute atomic E-state index is 6.06. The molecule has 1 heterocycles. The fraction of sp³-hybridized carbons (Fsp3) is 0.588. The smallest absolute Gasteiger partial charge is 0.206 e. The molecule has 21 heavy (non-hydrogen) atoms. The van der Waals surface area contributed by atoms with Crippen LogP contribution in [0.5, 0.6) is 0 Å². The van der Waals surface area contributed by atoms with Gasteiger partial charge in [0.2, 0.25) is 5.95 Å². The Kier molecular flexibility index (Phi) is 4.15. The summed E-state index contributed by atoms with van der Waals surface area (Å²) in [4.78, 5) is 7.39. The van der Waals surface area contributed by atoms with E-state index in [1.54, 1.807) is 0 Å². The molecule has 1 aromatic heterocycles. The van der Waals surface area contributed by atoms with Crippen LogP contribution in [0, 0.1) is 0 Å². The van der Waals surface area contributed by atoms with Crippen LogP contribution in [-0.4, -0.2) is 28.2 Å². The van der Waals surface area contributed by atoms with Crippen LogP contribution < -0.4 is 10.6 Å². The predicted octanol–water partition coefficient (Wildman–Crippen LogP) is 3.06. The summed E-state index contributed by atoms with van der Waals surface area (Å²) in [5, 5.41) is 0. The van der Waals surface area contributed by atoms with Crippen molar-refractivity contribution >= 4 is 17.0 Å². The highest BCUT2D eigenvalue weighted by molar-refractivity contribution is 5.78. The standard InChI is InChI=1S/C17H26N4/c1-3-12-21(14-10-8-13(18)9-11-14)17-19-15-6-4-5-7-16(15)20(17)2/h4-7,13-14H,3,8-12,18H2,1-2H3. The number of para-hydroxylation sites is 2. The first-order chi connectivity index (χ1) is 10.2. The molecule has 0 amide bonds. The molecular weight excluding hydrogens is 260 g/mol. The first-order valence-corrected chi connectivity index (χ1v) is 8.14. The molecule has 0 atom stereocenters. The Morgan fingerprint density at radius 1 is 1.24 bits per heavy atom. The van der Waals surface area contributed by atoms with Crippen LogP contribution >= 0.6 is 0 Å². The zero-order chi connectivity index (χ0) is 14.8. The highest BCUT2D eigenvalue weighted by Gasteiger charge is 2.26. The Morgan fingerprint density at radius 2 is 1.95 bits per heavy atom. The van der Waals surface area contributed by atoms with Gasteiger partial charge in [-0.25, -0.2) is 4.98 Å². The minimum absolute atomic E-state index is 0.394. The second kappa shape index (κ2) is 6.06. The number of aryl methyl sites for hydroxylation is 1. The summed E-state index contributed by atoms with van der Waals surface area (Å²) in [6.45, 7) is 3.31. The molecule has 1 aliphatic rings. The zero-order valence-electron chi connectivity index (χ0n) is 13.1. The van der Waals surface area contributed by atoms with Crippen molar-refractivity contribution in [2.24, 2.45) is 12.8 Å². The van der Waals surface area contributed by atoms with E-state index in [-0.39, 0.29) is 0 Å². The molecule has 2 N–H and O–H groups in total. The molecule has 2 aromatic rings. The average Bonchev–Trinajstić information content (AvgIpc) is 2.83. The predicted molar refractivity (Wildman–Crippen MR) is 88.6 cm³/mol. The summed E-state index contributed by atoms with van der Waals surface area (Å²) in [6.07, 6.45) is 5.78. The van der Waals surface area contributed by atoms with Crippen molar-refractivity contribution in [3.8, 4) is 0 Å². The fourth-order valence-electron chi connectivity index (χ4n) is 3.49. The molecule has 0 radical (unpaired) electrons. The van der Waals surface area contributed by atoms with Crippen molar-refractivity contribution in [2.75, 3.05) is 11.4 Å². The molecule has 0 bridgehead atoms. The lowest BCUT2D eigenvalue weighted by atomic mass is 9.91. The second-order valence-electron chi connectivity index (χ2n) is 6.22. The van der Waals surface area contributed by atoms with Crippen molar-refractivity contribution in [1.82, 2.24) is 9.55 Å². The lowest BCUT2D eigenvalue weighted by Gasteiger charge is -2.36. The topological polar surface area (TPSA) is 47.1 Å². The Labute approximate surface area is 126 Å². The van der Waals surface area contributed by atoms with Gasteiger partial charge in [0.05, 0.1) is 11.0 Å². The maximum Gasteiger partial charge on any atom is 0.206 e. The van der Waals surface area contributed by atoms with Crippen molar-refractivity contribution in [3.05, 3.63) is 24.3 Å². The van der Waals surface area contributed by atoms with Crippen molar-refractivity contribution < 1.29 is 0 Å². The number of nitrogens with two attached hydrogens (primary N) is 1. The van der Waals surface area contributed by atoms with E-state index in [0.29, 0.717) is 12.1 Å². The van der Waals surface area contributed by atoms with E-state index >= 15 is 0 Å². The number of imidazole rings is 1. The third kappa shape index (κ3) is 2.77. The van der Waals surface area contributed by atoms with Crippen molar-refractivity contribution in [3.63, 3.8) is 0 Å². The Balaban J connectivity index is 1.93. The van der Waals surface area contributed by atoms with Crippen LogP contribution in [-0.2, 0) is 7.05 Å². The van der Waals surface area contributed by atoms with Gasteiger partial charge < -0.3 is 15.2 Å². The van der Waals surface area contributed by atoms with Crippen molar-refractivity contribution in [2.45, 2.75) is 51.1 Å². The first-order valence-electron chi connectivity index (χ1n) is 8.14. The van der Waals surface area contributed by atoms with Gasteiger partial charge in [-0.2, -0.15) is 0 Å². The molecule has 1 aromatic carbocycles. The van der Waals surface area contributed by atoms with Crippen LogP contribution in [0.1, 0.15) is 39.0 Å². The quantitative estimate of drug-likeness (QED) is 0.939. The molecule has 114 valence electrons. The third-order valence-electron chi connectivity index (χ3n) is 4.67. The van der Waals surface area contributed by atoms with Gasteiger partial charge in [0.25, 0.3) is 0 Å². The molecule has 0 spiro atoms. The average molecular weight is 286 g/mol. The highest BCUT2D eigenvalue weighted by atomic mass is 15.3. The van der Waals surface area contributed by atoms with Crippen molar-refractivity contribution in [1.29, 1.82) is 0 Å². The van der Waals surface area contributed by atoms with Crippen LogP contribution in [0.3, 0.4) is 0 Å². The van der Waals surface area contributed by atoms with E-state index in [1.165, 1.54) is 18.4 Å². The molecule has 1 aliphatic carbocycles. The fourth-order valence-corrected chi connectivity index (χ4v) is 3.49. The number of anilines is 1. The number of aromatic nitrogens is 2. The molecule has 3 rings (SSSR count). The number of nitrogens with zero attached hydrogens (tertiary/aromatic N) is 3. The normalized spacial score (nSPS) is 22.6. The zero-order valence-corrected chi connectivity index (χ0v) is 13.1. The van der Waals surface area contributed by atoms with E-state index in [1.807, 2.05) is 0 Å². The molecular formula is C17H26N4. The molecule has 1 saturated carbocycles. The summed E-state index contributed by atoms with van der Waals surface area (Å²) in [5.41, 5.74) is 8.36. The molecule has 0 aliphatic heterocycles. The van der Waals surface area contributed by atoms with Crippen LogP contribution in [0.2, 0.25) is 0 Å². The van der Waals surface area contributed by atoms with E-state index in [4.69, 9.17) is 10.7 Å². The third-order valence-corrected chi connectivity index (χ3v) is 4.67. The minimum atomic E-state index is 0.394. The summed E-state index contributed by atoms with van der Waals surface area (Å²) in [7, 11) is 2.13. The van der Waals surface area contributed by atoms with Gasteiger partial charge in [0, 0.05) is 25.7 Å². The van der Waals surface area contributed by atoms with E-state index in [0.717, 1.165) is 37.3 Å². The SMILES string of the molecule is CCCN(c1nc2ccccc2n1C)C1CCC(N)CC1. The van der Waals surface area contributed by atoms with Gasteiger partial charge in [-0.05, 0) is 44.2 Å². The van der Waals surface area contributed by atoms with Crippen LogP contribution in [0.25, 0.3) is 11.0 Å². The maximum atomic E-state index is 6.06. The largest absolute Gasteiger partial charge is 0.339 e. The second-order valence-corrected chi connectivity index (χ2v) is 6.22. The van der Waals surface area contributed by atoms with Gasteiger partial charge >= 0.3 is 0 Å². The lowest BCUT2D eigenvalue weighted by molar-refractivity contribution is 0.371. The number of rotatable bonds is 4. The van der Waals surface area contributed by atoms with Gasteiger partial charge in [0.1, 0.15) is 0 Å². The Hall–Kier alpha value is -1.55. The van der Waals surface area contributed by atoms with Gasteiger partial charge in [0.15, 0.2) is 0 Å². The summed E-state index contributed by atoms with van der Waals surface area (Å²) < 4.78 is 2.24. The summed E-state index contributed by atoms with van der Waals surface area (Å²) in [5.74, 6) is 1.11.